The van der Waals surface area contributed by atoms with E-state index in [1.807, 2.05) is 10.9 Å². The van der Waals surface area contributed by atoms with Gasteiger partial charge in [-0.25, -0.2) is 4.98 Å². The number of aryl methyl sites for hydroxylation is 1. The number of carbonyl (C=O) groups is 1. The first-order valence-electron chi connectivity index (χ1n) is 9.33. The van der Waals surface area contributed by atoms with Gasteiger partial charge in [-0.15, -0.1) is 0 Å². The van der Waals surface area contributed by atoms with Crippen LogP contribution in [0.25, 0.3) is 11.1 Å². The molecule has 2 aliphatic carbocycles. The maximum atomic E-state index is 11.3. The Morgan fingerprint density at radius 2 is 2.19 bits per heavy atom. The van der Waals surface area contributed by atoms with E-state index in [1.54, 1.807) is 0 Å². The largest absolute Gasteiger partial charge is 0.456 e. The van der Waals surface area contributed by atoms with Crippen LogP contribution in [0, 0.1) is 5.41 Å². The highest BCUT2D eigenvalue weighted by Gasteiger charge is 2.30. The molecule has 0 amide bonds. The highest BCUT2D eigenvalue weighted by molar-refractivity contribution is 6.32. The van der Waals surface area contributed by atoms with E-state index in [1.165, 1.54) is 32.6 Å². The van der Waals surface area contributed by atoms with Gasteiger partial charge in [-0.05, 0) is 42.7 Å². The van der Waals surface area contributed by atoms with Crippen molar-refractivity contribution >= 4 is 17.6 Å². The van der Waals surface area contributed by atoms with E-state index in [2.05, 4.69) is 29.3 Å². The Labute approximate surface area is 158 Å². The van der Waals surface area contributed by atoms with Gasteiger partial charge in [-0.1, -0.05) is 31.4 Å². The van der Waals surface area contributed by atoms with Gasteiger partial charge in [0.05, 0.1) is 11.9 Å². The van der Waals surface area contributed by atoms with Gasteiger partial charge < -0.3 is 4.74 Å². The molecule has 4 rings (SSSR count). The molecule has 1 fully saturated rings. The second-order valence-electron chi connectivity index (χ2n) is 7.95. The minimum atomic E-state index is -0.286. The third kappa shape index (κ3) is 3.37. The lowest BCUT2D eigenvalue weighted by molar-refractivity contribution is -0.146. The fourth-order valence-electron chi connectivity index (χ4n) is 4.33. The van der Waals surface area contributed by atoms with Crippen LogP contribution in [0.2, 0.25) is 5.15 Å². The van der Waals surface area contributed by atoms with Crippen LogP contribution in [0.15, 0.2) is 18.5 Å². The molecule has 1 atom stereocenters. The smallest absolute Gasteiger partial charge is 0.303 e. The van der Waals surface area contributed by atoms with Gasteiger partial charge in [-0.3, -0.25) is 9.48 Å². The molecule has 26 heavy (non-hydrogen) atoms. The van der Waals surface area contributed by atoms with Gasteiger partial charge in [0.2, 0.25) is 0 Å². The molecule has 2 aromatic rings. The summed E-state index contributed by atoms with van der Waals surface area (Å²) in [4.78, 5) is 15.8. The first-order chi connectivity index (χ1) is 12.4. The summed E-state index contributed by atoms with van der Waals surface area (Å²) in [5.41, 5.74) is 4.13. The molecule has 1 unspecified atom stereocenters. The normalized spacial score (nSPS) is 21.0. The monoisotopic (exact) mass is 373 g/mol. The summed E-state index contributed by atoms with van der Waals surface area (Å²) >= 11 is 6.46. The minimum absolute atomic E-state index is 0.279. The molecule has 2 aromatic heterocycles. The first kappa shape index (κ1) is 17.5. The van der Waals surface area contributed by atoms with Crippen molar-refractivity contribution in [2.45, 2.75) is 65.0 Å². The number of aromatic nitrogens is 3. The lowest BCUT2D eigenvalue weighted by Gasteiger charge is -2.22. The summed E-state index contributed by atoms with van der Waals surface area (Å²) in [5.74, 6) is -0.286. The Balaban J connectivity index is 1.58. The number of ether oxygens (including phenoxy) is 1. The van der Waals surface area contributed by atoms with E-state index in [4.69, 9.17) is 16.3 Å². The Morgan fingerprint density at radius 1 is 1.42 bits per heavy atom. The molecule has 5 nitrogen and oxygen atoms in total. The summed E-state index contributed by atoms with van der Waals surface area (Å²) in [7, 11) is 0. The van der Waals surface area contributed by atoms with Crippen LogP contribution in [0.3, 0.4) is 0 Å². The maximum Gasteiger partial charge on any atom is 0.303 e. The molecule has 2 heterocycles. The molecule has 1 saturated carbocycles. The van der Waals surface area contributed by atoms with Gasteiger partial charge in [0.1, 0.15) is 11.3 Å². The minimum Gasteiger partial charge on any atom is -0.456 e. The summed E-state index contributed by atoms with van der Waals surface area (Å²) in [6.07, 6.45) is 10.4. The SMILES string of the molecule is CC(=O)OC1CCc2cc(-c3cnn(CC4(C)CCCC4)c3)c(Cl)nc21. The van der Waals surface area contributed by atoms with E-state index in [0.717, 1.165) is 41.8 Å². The van der Waals surface area contributed by atoms with Crippen LogP contribution < -0.4 is 0 Å². The lowest BCUT2D eigenvalue weighted by Crippen LogP contribution is -2.19. The Hall–Kier alpha value is -1.88. The fraction of sp³-hybridized carbons (Fsp3) is 0.550. The fourth-order valence-corrected chi connectivity index (χ4v) is 4.59. The number of halogens is 1. The Bertz CT molecular complexity index is 840. The van der Waals surface area contributed by atoms with Crippen molar-refractivity contribution in [2.24, 2.45) is 5.41 Å². The van der Waals surface area contributed by atoms with Crippen LogP contribution in [0.1, 0.15) is 63.3 Å². The predicted octanol–water partition coefficient (Wildman–Crippen LogP) is 4.73. The molecule has 0 aromatic carbocycles. The Kier molecular flexibility index (Phi) is 4.51. The van der Waals surface area contributed by atoms with E-state index >= 15 is 0 Å². The summed E-state index contributed by atoms with van der Waals surface area (Å²) in [5, 5.41) is 4.99. The molecule has 2 aliphatic rings. The van der Waals surface area contributed by atoms with E-state index in [0.29, 0.717) is 10.6 Å². The number of rotatable bonds is 4. The third-order valence-corrected chi connectivity index (χ3v) is 5.96. The van der Waals surface area contributed by atoms with Gasteiger partial charge >= 0.3 is 5.97 Å². The highest BCUT2D eigenvalue weighted by atomic mass is 35.5. The molecule has 0 radical (unpaired) electrons. The topological polar surface area (TPSA) is 57.0 Å². The lowest BCUT2D eigenvalue weighted by atomic mass is 9.89. The van der Waals surface area contributed by atoms with Crippen LogP contribution in [0.4, 0.5) is 0 Å². The molecule has 0 N–H and O–H groups in total. The third-order valence-electron chi connectivity index (χ3n) is 5.68. The molecular weight excluding hydrogens is 350 g/mol. The van der Waals surface area contributed by atoms with Crippen LogP contribution in [-0.4, -0.2) is 20.7 Å². The average molecular weight is 374 g/mol. The van der Waals surface area contributed by atoms with Crippen molar-refractivity contribution < 1.29 is 9.53 Å². The van der Waals surface area contributed by atoms with E-state index in [-0.39, 0.29) is 12.1 Å². The number of carbonyl (C=O) groups excluding carboxylic acids is 1. The highest BCUT2D eigenvalue weighted by Crippen LogP contribution is 2.40. The van der Waals surface area contributed by atoms with Crippen molar-refractivity contribution in [1.82, 2.24) is 14.8 Å². The molecule has 0 saturated heterocycles. The number of esters is 1. The maximum absolute atomic E-state index is 11.3. The number of nitrogens with zero attached hydrogens (tertiary/aromatic N) is 3. The summed E-state index contributed by atoms with van der Waals surface area (Å²) < 4.78 is 7.38. The molecule has 0 aliphatic heterocycles. The average Bonchev–Trinajstić information content (AvgIpc) is 3.29. The van der Waals surface area contributed by atoms with Gasteiger partial charge in [0, 0.05) is 30.8 Å². The predicted molar refractivity (Wildman–Crippen MR) is 99.9 cm³/mol. The zero-order valence-corrected chi connectivity index (χ0v) is 16.1. The first-order valence-corrected chi connectivity index (χ1v) is 9.71. The van der Waals surface area contributed by atoms with Gasteiger partial charge in [-0.2, -0.15) is 5.10 Å². The quantitative estimate of drug-likeness (QED) is 0.574. The molecule has 0 bridgehead atoms. The van der Waals surface area contributed by atoms with Crippen LogP contribution >= 0.6 is 11.6 Å². The van der Waals surface area contributed by atoms with Crippen molar-refractivity contribution in [1.29, 1.82) is 0 Å². The zero-order chi connectivity index (χ0) is 18.3. The van der Waals surface area contributed by atoms with Crippen molar-refractivity contribution in [3.63, 3.8) is 0 Å². The zero-order valence-electron chi connectivity index (χ0n) is 15.3. The van der Waals surface area contributed by atoms with E-state index < -0.39 is 0 Å². The van der Waals surface area contributed by atoms with Crippen LogP contribution in [0.5, 0.6) is 0 Å². The Morgan fingerprint density at radius 3 is 2.92 bits per heavy atom. The van der Waals surface area contributed by atoms with E-state index in [9.17, 15) is 4.79 Å². The van der Waals surface area contributed by atoms with Crippen molar-refractivity contribution in [3.8, 4) is 11.1 Å². The van der Waals surface area contributed by atoms with Gasteiger partial charge in [0.15, 0.2) is 0 Å². The molecule has 138 valence electrons. The second-order valence-corrected chi connectivity index (χ2v) is 8.31. The standard InChI is InChI=1S/C20H24ClN3O2/c1-13(25)26-17-6-5-14-9-16(19(21)23-18(14)17)15-10-22-24(11-15)12-20(2)7-3-4-8-20/h9-11,17H,3-8,12H2,1-2H3. The number of fused-ring (bicyclic) bond motifs is 1. The number of hydrogen-bond donors (Lipinski definition) is 0. The summed E-state index contributed by atoms with van der Waals surface area (Å²) in [6, 6.07) is 2.08. The number of pyridine rings is 1. The van der Waals surface area contributed by atoms with Crippen LogP contribution in [-0.2, 0) is 22.5 Å². The molecule has 6 heteroatoms. The van der Waals surface area contributed by atoms with Crippen molar-refractivity contribution in [3.05, 3.63) is 34.9 Å². The number of hydrogen-bond acceptors (Lipinski definition) is 4. The molecular formula is C20H24ClN3O2. The van der Waals surface area contributed by atoms with Gasteiger partial charge in [0.25, 0.3) is 0 Å². The van der Waals surface area contributed by atoms with Crippen molar-refractivity contribution in [2.75, 3.05) is 0 Å². The molecule has 0 spiro atoms. The summed E-state index contributed by atoms with van der Waals surface area (Å²) in [6.45, 7) is 4.71. The second kappa shape index (κ2) is 6.69.